The zero-order valence-corrected chi connectivity index (χ0v) is 26.8. The Balaban J connectivity index is 1.77. The smallest absolute Gasteiger partial charge is 0.328 e. The number of nitrogens with zero attached hydrogens (tertiary/aromatic N) is 4. The molecule has 41 heavy (non-hydrogen) atoms. The molecular weight excluding hydrogens is 522 g/mol. The monoisotopic (exact) mass is 577 g/mol. The van der Waals surface area contributed by atoms with Crippen molar-refractivity contribution in [1.82, 2.24) is 24.9 Å². The van der Waals surface area contributed by atoms with Gasteiger partial charge in [-0.1, -0.05) is 47.5 Å². The molecule has 0 saturated carbocycles. The number of carbonyl (C=O) groups excluding carboxylic acids is 4. The molecule has 10 heteroatoms. The predicted octanol–water partition coefficient (Wildman–Crippen LogP) is 2.50. The van der Waals surface area contributed by atoms with Crippen molar-refractivity contribution in [3.63, 3.8) is 0 Å². The number of esters is 1. The van der Waals surface area contributed by atoms with Gasteiger partial charge in [-0.3, -0.25) is 24.2 Å². The van der Waals surface area contributed by atoms with Crippen molar-refractivity contribution in [2.24, 2.45) is 11.3 Å². The summed E-state index contributed by atoms with van der Waals surface area (Å²) in [4.78, 5) is 61.4. The fourth-order valence-electron chi connectivity index (χ4n) is 6.77. The zero-order chi connectivity index (χ0) is 30.5. The number of piperidine rings is 2. The molecule has 0 aromatic carbocycles. The van der Waals surface area contributed by atoms with Gasteiger partial charge in [0, 0.05) is 26.2 Å². The van der Waals surface area contributed by atoms with Crippen LogP contribution in [0.1, 0.15) is 86.0 Å². The van der Waals surface area contributed by atoms with Gasteiger partial charge in [-0.25, -0.2) is 4.79 Å². The first-order valence-electron chi connectivity index (χ1n) is 15.7. The normalized spacial score (nSPS) is 26.0. The number of amides is 3. The van der Waals surface area contributed by atoms with Crippen LogP contribution < -0.4 is 5.32 Å². The summed E-state index contributed by atoms with van der Waals surface area (Å²) in [6, 6.07) is -1.86. The SMILES string of the molecule is COC(=O)[C@@H]1CCCN1C(=O)C1CCCCN1C[C@H](C(C)C)N(C)C(=O)[C@@H](NC(=O)[C@H]1CCCCN1C)C(C)(C)C. The van der Waals surface area contributed by atoms with Crippen molar-refractivity contribution in [2.45, 2.75) is 116 Å². The van der Waals surface area contributed by atoms with Crippen molar-refractivity contribution in [1.29, 1.82) is 0 Å². The predicted molar refractivity (Wildman–Crippen MR) is 159 cm³/mol. The lowest BCUT2D eigenvalue weighted by Gasteiger charge is -2.44. The Bertz CT molecular complexity index is 934. The second-order valence-corrected chi connectivity index (χ2v) is 13.8. The van der Waals surface area contributed by atoms with Crippen molar-refractivity contribution in [3.05, 3.63) is 0 Å². The van der Waals surface area contributed by atoms with Crippen molar-refractivity contribution in [3.8, 4) is 0 Å². The van der Waals surface area contributed by atoms with E-state index in [9.17, 15) is 19.2 Å². The minimum atomic E-state index is -0.666. The third-order valence-corrected chi connectivity index (χ3v) is 9.42. The van der Waals surface area contributed by atoms with Crippen LogP contribution in [0.4, 0.5) is 0 Å². The lowest BCUT2D eigenvalue weighted by atomic mass is 9.84. The molecule has 10 nitrogen and oxygen atoms in total. The van der Waals surface area contributed by atoms with Crippen LogP contribution in [0.2, 0.25) is 0 Å². The number of likely N-dealkylation sites (N-methyl/N-ethyl adjacent to an activating group) is 2. The number of carbonyl (C=O) groups is 4. The van der Waals surface area contributed by atoms with Gasteiger partial charge in [0.05, 0.1) is 19.2 Å². The van der Waals surface area contributed by atoms with Crippen LogP contribution in [0.15, 0.2) is 0 Å². The van der Waals surface area contributed by atoms with E-state index in [1.165, 1.54) is 7.11 Å². The third kappa shape index (κ3) is 8.00. The molecule has 0 aromatic heterocycles. The molecule has 0 aliphatic carbocycles. The molecule has 0 spiro atoms. The average molecular weight is 578 g/mol. The zero-order valence-electron chi connectivity index (χ0n) is 26.8. The highest BCUT2D eigenvalue weighted by atomic mass is 16.5. The summed E-state index contributed by atoms with van der Waals surface area (Å²) in [6.07, 6.45) is 7.01. The van der Waals surface area contributed by atoms with Crippen LogP contribution in [0, 0.1) is 11.3 Å². The van der Waals surface area contributed by atoms with Gasteiger partial charge in [0.25, 0.3) is 0 Å². The van der Waals surface area contributed by atoms with Gasteiger partial charge >= 0.3 is 5.97 Å². The maximum atomic E-state index is 14.1. The highest BCUT2D eigenvalue weighted by molar-refractivity contribution is 5.90. The second kappa shape index (κ2) is 14.3. The number of nitrogens with one attached hydrogen (secondary N) is 1. The summed E-state index contributed by atoms with van der Waals surface area (Å²) < 4.78 is 4.98. The van der Waals surface area contributed by atoms with Crippen LogP contribution in [-0.4, -0.2) is 121 Å². The molecule has 5 atom stereocenters. The van der Waals surface area contributed by atoms with Crippen LogP contribution in [0.3, 0.4) is 0 Å². The Morgan fingerprint density at radius 3 is 2.10 bits per heavy atom. The summed E-state index contributed by atoms with van der Waals surface area (Å²) in [7, 11) is 5.18. The largest absolute Gasteiger partial charge is 0.467 e. The van der Waals surface area contributed by atoms with Gasteiger partial charge < -0.3 is 19.9 Å². The summed E-state index contributed by atoms with van der Waals surface area (Å²) in [5.74, 6) is -0.406. The molecule has 1 unspecified atom stereocenters. The van der Waals surface area contributed by atoms with E-state index < -0.39 is 17.5 Å². The maximum absolute atomic E-state index is 14.1. The number of hydrogen-bond donors (Lipinski definition) is 1. The topological polar surface area (TPSA) is 102 Å². The summed E-state index contributed by atoms with van der Waals surface area (Å²) >= 11 is 0. The van der Waals surface area contributed by atoms with Gasteiger partial charge in [0.2, 0.25) is 17.7 Å². The van der Waals surface area contributed by atoms with E-state index in [-0.39, 0.29) is 47.7 Å². The molecule has 3 fully saturated rings. The molecule has 3 rings (SSSR count). The minimum absolute atomic E-state index is 0.00878. The summed E-state index contributed by atoms with van der Waals surface area (Å²) in [5, 5.41) is 3.13. The second-order valence-electron chi connectivity index (χ2n) is 13.8. The molecular formula is C31H55N5O5. The Morgan fingerprint density at radius 2 is 1.51 bits per heavy atom. The van der Waals surface area contributed by atoms with Gasteiger partial charge in [0.15, 0.2) is 0 Å². The number of hydrogen-bond acceptors (Lipinski definition) is 7. The number of ether oxygens (including phenoxy) is 1. The molecule has 3 aliphatic heterocycles. The highest BCUT2D eigenvalue weighted by Crippen LogP contribution is 2.28. The van der Waals surface area contributed by atoms with Gasteiger partial charge in [-0.05, 0) is 70.0 Å². The van der Waals surface area contributed by atoms with E-state index in [4.69, 9.17) is 4.74 Å². The first-order valence-corrected chi connectivity index (χ1v) is 15.7. The van der Waals surface area contributed by atoms with Crippen LogP contribution in [0.5, 0.6) is 0 Å². The quantitative estimate of drug-likeness (QED) is 0.420. The van der Waals surface area contributed by atoms with E-state index in [2.05, 4.69) is 29.0 Å². The number of rotatable bonds is 9. The fourth-order valence-corrected chi connectivity index (χ4v) is 6.77. The molecule has 0 bridgehead atoms. The minimum Gasteiger partial charge on any atom is -0.467 e. The van der Waals surface area contributed by atoms with E-state index in [1.54, 1.807) is 9.80 Å². The molecule has 3 aliphatic rings. The fraction of sp³-hybridized carbons (Fsp3) is 0.871. The molecule has 1 N–H and O–H groups in total. The van der Waals surface area contributed by atoms with Gasteiger partial charge in [0.1, 0.15) is 12.1 Å². The molecule has 0 aromatic rings. The van der Waals surface area contributed by atoms with E-state index in [0.717, 1.165) is 58.0 Å². The average Bonchev–Trinajstić information content (AvgIpc) is 3.42. The van der Waals surface area contributed by atoms with Crippen molar-refractivity contribution >= 4 is 23.7 Å². The van der Waals surface area contributed by atoms with Crippen LogP contribution in [-0.2, 0) is 23.9 Å². The number of methoxy groups -OCH3 is 1. The van der Waals surface area contributed by atoms with Crippen LogP contribution in [0.25, 0.3) is 0 Å². The molecule has 3 saturated heterocycles. The Morgan fingerprint density at radius 1 is 0.902 bits per heavy atom. The molecule has 3 amide bonds. The first kappa shape index (κ1) is 33.3. The lowest BCUT2D eigenvalue weighted by Crippen LogP contribution is -2.62. The van der Waals surface area contributed by atoms with Gasteiger partial charge in [-0.2, -0.15) is 0 Å². The molecule has 3 heterocycles. The van der Waals surface area contributed by atoms with E-state index in [1.807, 2.05) is 34.9 Å². The first-order chi connectivity index (χ1) is 19.3. The summed E-state index contributed by atoms with van der Waals surface area (Å²) in [5.41, 5.74) is -0.474. The summed E-state index contributed by atoms with van der Waals surface area (Å²) in [6.45, 7) is 13.0. The lowest BCUT2D eigenvalue weighted by molar-refractivity contribution is -0.153. The Kier molecular flexibility index (Phi) is 11.6. The number of likely N-dealkylation sites (tertiary alicyclic amines) is 3. The molecule has 0 radical (unpaired) electrons. The van der Waals surface area contributed by atoms with Gasteiger partial charge in [-0.15, -0.1) is 0 Å². The third-order valence-electron chi connectivity index (χ3n) is 9.42. The molecule has 234 valence electrons. The van der Waals surface area contributed by atoms with Crippen molar-refractivity contribution < 1.29 is 23.9 Å². The highest BCUT2D eigenvalue weighted by Gasteiger charge is 2.43. The van der Waals surface area contributed by atoms with Crippen LogP contribution >= 0.6 is 0 Å². The Labute approximate surface area is 247 Å². The Hall–Kier alpha value is -2.20. The van der Waals surface area contributed by atoms with E-state index in [0.29, 0.717) is 19.5 Å². The van der Waals surface area contributed by atoms with Crippen molar-refractivity contribution in [2.75, 3.05) is 47.4 Å². The van der Waals surface area contributed by atoms with E-state index >= 15 is 0 Å². The maximum Gasteiger partial charge on any atom is 0.328 e. The standard InChI is InChI=1S/C31H55N5O5/c1-21(2)25(20-35-18-12-10-15-23(35)28(38)36-19-13-16-24(36)30(40)41-8)34(7)29(39)26(31(3,4)5)32-27(37)22-14-9-11-17-33(22)6/h21-26H,9-20H2,1-8H3,(H,32,37)/t22-,23?,24+,25-,26-/m1/s1.